The predicted molar refractivity (Wildman–Crippen MR) is 98.4 cm³/mol. The Bertz CT molecular complexity index is 780. The summed E-state index contributed by atoms with van der Waals surface area (Å²) in [5.41, 5.74) is 1.18. The minimum Gasteiger partial charge on any atom is -0.452 e. The topological polar surface area (TPSA) is 55.4 Å². The number of anilines is 1. The van der Waals surface area contributed by atoms with Crippen molar-refractivity contribution in [3.63, 3.8) is 0 Å². The quantitative estimate of drug-likeness (QED) is 0.412. The molecule has 0 atom stereocenters. The maximum absolute atomic E-state index is 12.2. The third-order valence-corrected chi connectivity index (χ3v) is 3.97. The zero-order valence-corrected chi connectivity index (χ0v) is 14.9. The van der Waals surface area contributed by atoms with Gasteiger partial charge in [-0.1, -0.05) is 35.5 Å². The fourth-order valence-corrected chi connectivity index (χ4v) is 2.46. The molecule has 0 saturated carbocycles. The van der Waals surface area contributed by atoms with Crippen LogP contribution < -0.4 is 5.32 Å². The molecule has 136 valence electrons. The lowest BCUT2D eigenvalue weighted by atomic mass is 10.2. The van der Waals surface area contributed by atoms with Gasteiger partial charge in [0.05, 0.1) is 0 Å². The van der Waals surface area contributed by atoms with Crippen molar-refractivity contribution in [3.8, 4) is 0 Å². The lowest BCUT2D eigenvalue weighted by molar-refractivity contribution is -0.142. The molecule has 4 nitrogen and oxygen atoms in total. The van der Waals surface area contributed by atoms with Gasteiger partial charge in [-0.25, -0.2) is 4.79 Å². The summed E-state index contributed by atoms with van der Waals surface area (Å²) in [6.07, 6.45) is 2.74. The lowest BCUT2D eigenvalue weighted by Crippen LogP contribution is -2.20. The minimum atomic E-state index is -2.50. The summed E-state index contributed by atoms with van der Waals surface area (Å²) in [5.74, 6) is -3.71. The number of thioether (sulfide) groups is 1. The number of nitrogens with one attached hydrogen (secondary N) is 1. The molecule has 0 saturated heterocycles. The first-order chi connectivity index (χ1) is 12.4. The van der Waals surface area contributed by atoms with Crippen molar-refractivity contribution in [2.24, 2.45) is 0 Å². The van der Waals surface area contributed by atoms with E-state index >= 15 is 0 Å². The number of amides is 1. The summed E-state index contributed by atoms with van der Waals surface area (Å²) in [6, 6.07) is 12.7. The first kappa shape index (κ1) is 19.9. The van der Waals surface area contributed by atoms with Crippen molar-refractivity contribution in [2.45, 2.75) is 10.7 Å². The number of esters is 1. The Labute approximate surface area is 158 Å². The van der Waals surface area contributed by atoms with Crippen LogP contribution in [-0.4, -0.2) is 24.2 Å². The Hall–Kier alpha value is -2.38. The Morgan fingerprint density at radius 1 is 1.12 bits per heavy atom. The smallest absolute Gasteiger partial charge is 0.331 e. The van der Waals surface area contributed by atoms with Crippen molar-refractivity contribution in [2.75, 3.05) is 11.9 Å². The average Bonchev–Trinajstić information content (AvgIpc) is 2.61. The molecule has 26 heavy (non-hydrogen) atoms. The molecule has 2 aromatic carbocycles. The third kappa shape index (κ3) is 7.25. The first-order valence-corrected chi connectivity index (χ1v) is 8.63. The number of carbonyl (C=O) groups is 2. The zero-order chi connectivity index (χ0) is 18.9. The van der Waals surface area contributed by atoms with E-state index < -0.39 is 24.2 Å². The van der Waals surface area contributed by atoms with E-state index in [4.69, 9.17) is 16.3 Å². The molecule has 0 heterocycles. The molecular weight excluding hydrogens is 384 g/mol. The second-order valence-corrected chi connectivity index (χ2v) is 6.44. The summed E-state index contributed by atoms with van der Waals surface area (Å²) < 4.78 is 29.3. The summed E-state index contributed by atoms with van der Waals surface area (Å²) in [6.45, 7) is -0.461. The van der Waals surface area contributed by atoms with Gasteiger partial charge in [0, 0.05) is 21.7 Å². The van der Waals surface area contributed by atoms with E-state index in [1.807, 2.05) is 0 Å². The number of hydrogen-bond acceptors (Lipinski definition) is 4. The van der Waals surface area contributed by atoms with Crippen LogP contribution in [0.5, 0.6) is 0 Å². The Kier molecular flexibility index (Phi) is 7.62. The number of rotatable bonds is 7. The summed E-state index contributed by atoms with van der Waals surface area (Å²) in [4.78, 5) is 23.7. The summed E-state index contributed by atoms with van der Waals surface area (Å²) in [5, 5.41) is 3.09. The molecular formula is C18H14ClF2NO3S. The minimum absolute atomic E-state index is 0.386. The molecule has 0 aliphatic heterocycles. The number of hydrogen-bond donors (Lipinski definition) is 1. The number of halogens is 3. The second-order valence-electron chi connectivity index (χ2n) is 4.94. The molecule has 1 N–H and O–H groups in total. The van der Waals surface area contributed by atoms with Crippen molar-refractivity contribution in [3.05, 3.63) is 65.2 Å². The van der Waals surface area contributed by atoms with Crippen molar-refractivity contribution in [1.82, 2.24) is 0 Å². The normalized spacial score (nSPS) is 10.9. The van der Waals surface area contributed by atoms with Gasteiger partial charge in [-0.2, -0.15) is 8.78 Å². The highest BCUT2D eigenvalue weighted by molar-refractivity contribution is 7.99. The van der Waals surface area contributed by atoms with Crippen molar-refractivity contribution < 1.29 is 23.1 Å². The van der Waals surface area contributed by atoms with Gasteiger partial charge in [0.2, 0.25) is 0 Å². The van der Waals surface area contributed by atoms with Gasteiger partial charge < -0.3 is 10.1 Å². The van der Waals surface area contributed by atoms with Crippen LogP contribution in [-0.2, 0) is 14.3 Å². The van der Waals surface area contributed by atoms with Crippen LogP contribution in [0.25, 0.3) is 6.08 Å². The number of alkyl halides is 2. The molecule has 0 aliphatic carbocycles. The van der Waals surface area contributed by atoms with E-state index in [1.165, 1.54) is 36.4 Å². The van der Waals surface area contributed by atoms with Crippen LogP contribution in [0, 0.1) is 0 Å². The highest BCUT2D eigenvalue weighted by Crippen LogP contribution is 2.26. The van der Waals surface area contributed by atoms with Gasteiger partial charge in [0.25, 0.3) is 11.7 Å². The van der Waals surface area contributed by atoms with Crippen LogP contribution in [0.1, 0.15) is 5.56 Å². The average molecular weight is 398 g/mol. The van der Waals surface area contributed by atoms with Crippen molar-refractivity contribution in [1.29, 1.82) is 0 Å². The van der Waals surface area contributed by atoms with E-state index in [0.717, 1.165) is 5.56 Å². The van der Waals surface area contributed by atoms with Gasteiger partial charge in [-0.15, -0.1) is 0 Å². The maximum Gasteiger partial charge on any atom is 0.331 e. The van der Waals surface area contributed by atoms with Crippen molar-refractivity contribution >= 4 is 47.0 Å². The molecule has 1 amide bonds. The van der Waals surface area contributed by atoms with Gasteiger partial charge >= 0.3 is 5.97 Å². The number of carbonyl (C=O) groups excluding carboxylic acids is 2. The molecule has 8 heteroatoms. The maximum atomic E-state index is 12.2. The van der Waals surface area contributed by atoms with E-state index in [1.54, 1.807) is 24.3 Å². The van der Waals surface area contributed by atoms with Gasteiger partial charge in [-0.3, -0.25) is 4.79 Å². The van der Waals surface area contributed by atoms with Gasteiger partial charge in [0.15, 0.2) is 6.61 Å². The van der Waals surface area contributed by atoms with Gasteiger partial charge in [0.1, 0.15) is 0 Å². The largest absolute Gasteiger partial charge is 0.452 e. The molecule has 0 aromatic heterocycles. The molecule has 0 fully saturated rings. The Morgan fingerprint density at radius 2 is 1.77 bits per heavy atom. The van der Waals surface area contributed by atoms with E-state index in [9.17, 15) is 18.4 Å². The standard InChI is InChI=1S/C18H14ClF2NO3S/c19-13-4-1-12(2-5-13)3-10-17(24)25-11-16(23)22-14-6-8-15(9-7-14)26-18(20)21/h1-10,18H,11H2,(H,22,23)/b10-3+. The SMILES string of the molecule is O=C(COC(=O)/C=C/c1ccc(Cl)cc1)Nc1ccc(SC(F)F)cc1. The zero-order valence-electron chi connectivity index (χ0n) is 13.3. The summed E-state index contributed by atoms with van der Waals surface area (Å²) >= 11 is 6.18. The first-order valence-electron chi connectivity index (χ1n) is 7.37. The fourth-order valence-electron chi connectivity index (χ4n) is 1.84. The predicted octanol–water partition coefficient (Wildman–Crippen LogP) is 4.85. The third-order valence-electron chi connectivity index (χ3n) is 2.99. The molecule has 0 unspecified atom stereocenters. The molecule has 0 radical (unpaired) electrons. The van der Waals surface area contributed by atoms with Crippen LogP contribution in [0.2, 0.25) is 5.02 Å². The fraction of sp³-hybridized carbons (Fsp3) is 0.111. The molecule has 2 rings (SSSR count). The van der Waals surface area contributed by atoms with Gasteiger partial charge in [-0.05, 0) is 48.0 Å². The van der Waals surface area contributed by atoms with E-state index in [2.05, 4.69) is 5.32 Å². The van der Waals surface area contributed by atoms with Crippen LogP contribution >= 0.6 is 23.4 Å². The van der Waals surface area contributed by atoms with E-state index in [0.29, 0.717) is 27.4 Å². The molecule has 0 bridgehead atoms. The highest BCUT2D eigenvalue weighted by Gasteiger charge is 2.08. The molecule has 0 aliphatic rings. The van der Waals surface area contributed by atoms with Crippen LogP contribution in [0.3, 0.4) is 0 Å². The van der Waals surface area contributed by atoms with Crippen LogP contribution in [0.4, 0.5) is 14.5 Å². The Morgan fingerprint density at radius 3 is 2.38 bits per heavy atom. The molecule has 2 aromatic rings. The Balaban J connectivity index is 1.77. The van der Waals surface area contributed by atoms with E-state index in [-0.39, 0.29) is 0 Å². The molecule has 0 spiro atoms. The summed E-state index contributed by atoms with van der Waals surface area (Å²) in [7, 11) is 0. The van der Waals surface area contributed by atoms with Crippen LogP contribution in [0.15, 0.2) is 59.5 Å². The lowest BCUT2D eigenvalue weighted by Gasteiger charge is -2.06. The highest BCUT2D eigenvalue weighted by atomic mass is 35.5. The number of benzene rings is 2. The monoisotopic (exact) mass is 397 g/mol. The number of ether oxygens (including phenoxy) is 1. The second kappa shape index (κ2) is 9.94.